The summed E-state index contributed by atoms with van der Waals surface area (Å²) in [6, 6.07) is 9.64. The van der Waals surface area contributed by atoms with E-state index in [1.54, 1.807) is 31.2 Å². The van der Waals surface area contributed by atoms with Crippen molar-refractivity contribution in [3.8, 4) is 0 Å². The Morgan fingerprint density at radius 2 is 1.93 bits per heavy atom. The van der Waals surface area contributed by atoms with E-state index in [4.69, 9.17) is 4.74 Å². The molecule has 0 aliphatic carbocycles. The van der Waals surface area contributed by atoms with E-state index in [0.717, 1.165) is 4.88 Å². The lowest BCUT2D eigenvalue weighted by atomic mass is 9.89. The Labute approximate surface area is 160 Å². The lowest BCUT2D eigenvalue weighted by Gasteiger charge is -2.29. The zero-order valence-corrected chi connectivity index (χ0v) is 15.8. The van der Waals surface area contributed by atoms with Crippen molar-refractivity contribution >= 4 is 40.5 Å². The maximum atomic E-state index is 13.1. The molecule has 1 aliphatic heterocycles. The summed E-state index contributed by atoms with van der Waals surface area (Å²) >= 11 is 1.38. The van der Waals surface area contributed by atoms with Crippen LogP contribution in [0, 0.1) is 0 Å². The zero-order chi connectivity index (χ0) is 19.6. The number of benzene rings is 1. The van der Waals surface area contributed by atoms with Crippen molar-refractivity contribution in [2.24, 2.45) is 0 Å². The quantitative estimate of drug-likeness (QED) is 0.564. The van der Waals surface area contributed by atoms with Crippen molar-refractivity contribution in [1.29, 1.82) is 0 Å². The van der Waals surface area contributed by atoms with E-state index in [1.165, 1.54) is 23.2 Å². The van der Waals surface area contributed by atoms with E-state index >= 15 is 0 Å². The van der Waals surface area contributed by atoms with Crippen LogP contribution in [0.1, 0.15) is 41.4 Å². The van der Waals surface area contributed by atoms with Gasteiger partial charge in [0, 0.05) is 29.7 Å². The first-order valence-corrected chi connectivity index (χ1v) is 9.50. The highest BCUT2D eigenvalue weighted by Crippen LogP contribution is 2.41. The summed E-state index contributed by atoms with van der Waals surface area (Å²) in [6.45, 7) is 3.11. The van der Waals surface area contributed by atoms with Gasteiger partial charge in [-0.15, -0.1) is 11.3 Å². The average Bonchev–Trinajstić information content (AvgIpc) is 3.27. The summed E-state index contributed by atoms with van der Waals surface area (Å²) in [5.74, 6) is -2.76. The third-order valence-electron chi connectivity index (χ3n) is 4.51. The molecule has 0 unspecified atom stereocenters. The number of amides is 1. The fourth-order valence-corrected chi connectivity index (χ4v) is 4.27. The molecule has 0 saturated heterocycles. The Hall–Kier alpha value is -2.80. The largest absolute Gasteiger partial charge is 0.460 e. The number of nitrogens with zero attached hydrogens (tertiary/aromatic N) is 1. The van der Waals surface area contributed by atoms with Crippen LogP contribution in [0.2, 0.25) is 0 Å². The SMILES string of the molecule is CCOC(=O)C(=O)C[C@@H](c1cccs1)[C@H]1C(=O)c2ccccc2N1C(C)=O. The second-order valence-electron chi connectivity index (χ2n) is 6.18. The predicted octanol–water partition coefficient (Wildman–Crippen LogP) is 2.97. The van der Waals surface area contributed by atoms with Gasteiger partial charge in [0.05, 0.1) is 12.3 Å². The molecule has 2 aromatic rings. The number of rotatable bonds is 6. The van der Waals surface area contributed by atoms with Crippen molar-refractivity contribution in [3.63, 3.8) is 0 Å². The highest BCUT2D eigenvalue weighted by molar-refractivity contribution is 7.10. The van der Waals surface area contributed by atoms with Gasteiger partial charge < -0.3 is 9.64 Å². The van der Waals surface area contributed by atoms with Crippen molar-refractivity contribution < 1.29 is 23.9 Å². The van der Waals surface area contributed by atoms with Crippen LogP contribution < -0.4 is 4.90 Å². The van der Waals surface area contributed by atoms with E-state index in [2.05, 4.69) is 0 Å². The summed E-state index contributed by atoms with van der Waals surface area (Å²) in [5.41, 5.74) is 0.980. The number of hydrogen-bond acceptors (Lipinski definition) is 6. The molecule has 3 rings (SSSR count). The van der Waals surface area contributed by atoms with Gasteiger partial charge in [-0.05, 0) is 30.5 Å². The minimum absolute atomic E-state index is 0.0988. The van der Waals surface area contributed by atoms with Crippen molar-refractivity contribution in [2.45, 2.75) is 32.2 Å². The molecule has 0 radical (unpaired) electrons. The van der Waals surface area contributed by atoms with Gasteiger partial charge in [-0.1, -0.05) is 18.2 Å². The molecule has 0 fully saturated rings. The molecular formula is C20H19NO5S. The van der Waals surface area contributed by atoms with Crippen molar-refractivity contribution in [1.82, 2.24) is 0 Å². The Bertz CT molecular complexity index is 890. The number of Topliss-reactive ketones (excluding diaryl/α,β-unsaturated/α-hetero) is 2. The lowest BCUT2D eigenvalue weighted by molar-refractivity contribution is -0.153. The van der Waals surface area contributed by atoms with Crippen LogP contribution >= 0.6 is 11.3 Å². The normalized spacial score (nSPS) is 16.7. The Morgan fingerprint density at radius 1 is 1.19 bits per heavy atom. The van der Waals surface area contributed by atoms with Crippen molar-refractivity contribution in [3.05, 3.63) is 52.2 Å². The predicted molar refractivity (Wildman–Crippen MR) is 101 cm³/mol. The molecule has 6 nitrogen and oxygen atoms in total. The Balaban J connectivity index is 2.02. The number of ether oxygens (including phenoxy) is 1. The number of esters is 1. The van der Waals surface area contributed by atoms with Gasteiger partial charge in [-0.25, -0.2) is 4.79 Å². The number of carbonyl (C=O) groups is 4. The van der Waals surface area contributed by atoms with Gasteiger partial charge in [-0.3, -0.25) is 14.4 Å². The van der Waals surface area contributed by atoms with Gasteiger partial charge in [-0.2, -0.15) is 0 Å². The fourth-order valence-electron chi connectivity index (χ4n) is 3.41. The minimum atomic E-state index is -0.920. The summed E-state index contributed by atoms with van der Waals surface area (Å²) in [4.78, 5) is 51.9. The first-order chi connectivity index (χ1) is 13.0. The Morgan fingerprint density at radius 3 is 2.56 bits per heavy atom. The summed E-state index contributed by atoms with van der Waals surface area (Å²) in [5, 5.41) is 1.84. The molecule has 2 atom stereocenters. The highest BCUT2D eigenvalue weighted by Gasteiger charge is 2.45. The third kappa shape index (κ3) is 3.55. The first-order valence-electron chi connectivity index (χ1n) is 8.62. The van der Waals surface area contributed by atoms with Crippen LogP contribution in [0.25, 0.3) is 0 Å². The van der Waals surface area contributed by atoms with Crippen molar-refractivity contribution in [2.75, 3.05) is 11.5 Å². The fraction of sp³-hybridized carbons (Fsp3) is 0.300. The number of fused-ring (bicyclic) bond motifs is 1. The smallest absolute Gasteiger partial charge is 0.374 e. The van der Waals surface area contributed by atoms with Crippen LogP contribution in [0.3, 0.4) is 0 Å². The van der Waals surface area contributed by atoms with Crippen LogP contribution in [0.5, 0.6) is 0 Å². The number of thiophene rings is 1. The highest BCUT2D eigenvalue weighted by atomic mass is 32.1. The van der Waals surface area contributed by atoms with E-state index in [-0.39, 0.29) is 24.7 Å². The zero-order valence-electron chi connectivity index (χ0n) is 15.0. The lowest BCUT2D eigenvalue weighted by Crippen LogP contribution is -2.44. The topological polar surface area (TPSA) is 80.8 Å². The molecular weight excluding hydrogens is 366 g/mol. The molecule has 0 spiro atoms. The second kappa shape index (κ2) is 7.84. The molecule has 1 aromatic carbocycles. The van der Waals surface area contributed by atoms with Gasteiger partial charge >= 0.3 is 5.97 Å². The maximum Gasteiger partial charge on any atom is 0.374 e. The molecule has 27 heavy (non-hydrogen) atoms. The monoisotopic (exact) mass is 385 g/mol. The summed E-state index contributed by atoms with van der Waals surface area (Å²) in [7, 11) is 0. The van der Waals surface area contributed by atoms with E-state index in [1.807, 2.05) is 17.5 Å². The minimum Gasteiger partial charge on any atom is -0.460 e. The molecule has 7 heteroatoms. The second-order valence-corrected chi connectivity index (χ2v) is 7.16. The molecule has 0 saturated carbocycles. The number of anilines is 1. The van der Waals surface area contributed by atoms with Crippen LogP contribution in [-0.4, -0.2) is 36.1 Å². The Kier molecular flexibility index (Phi) is 5.51. The summed E-state index contributed by atoms with van der Waals surface area (Å²) < 4.78 is 4.80. The standard InChI is InChI=1S/C20H19NO5S/c1-3-26-20(25)16(23)11-14(17-9-6-10-27-17)18-19(24)13-7-4-5-8-15(13)21(18)12(2)22/h4-10,14,18H,3,11H2,1-2H3/t14-,18-/m0/s1. The van der Waals surface area contributed by atoms with E-state index in [9.17, 15) is 19.2 Å². The number of para-hydroxylation sites is 1. The van der Waals surface area contributed by atoms with Gasteiger partial charge in [0.1, 0.15) is 6.04 Å². The van der Waals surface area contributed by atoms with Gasteiger partial charge in [0.25, 0.3) is 0 Å². The number of ketones is 2. The van der Waals surface area contributed by atoms with E-state index in [0.29, 0.717) is 11.3 Å². The van der Waals surface area contributed by atoms with Gasteiger partial charge in [0.2, 0.25) is 11.7 Å². The van der Waals surface area contributed by atoms with Crippen LogP contribution in [0.15, 0.2) is 41.8 Å². The van der Waals surface area contributed by atoms with E-state index < -0.39 is 23.7 Å². The van der Waals surface area contributed by atoms with Crippen LogP contribution in [-0.2, 0) is 19.1 Å². The van der Waals surface area contributed by atoms with Crippen LogP contribution in [0.4, 0.5) is 5.69 Å². The third-order valence-corrected chi connectivity index (χ3v) is 5.52. The average molecular weight is 385 g/mol. The molecule has 1 amide bonds. The molecule has 2 heterocycles. The number of hydrogen-bond donors (Lipinski definition) is 0. The number of carbonyl (C=O) groups excluding carboxylic acids is 4. The molecule has 1 aromatic heterocycles. The first kappa shape index (κ1) is 19.0. The maximum absolute atomic E-state index is 13.1. The summed E-state index contributed by atoms with van der Waals surface area (Å²) in [6.07, 6.45) is -0.201. The molecule has 140 valence electrons. The molecule has 0 bridgehead atoms. The molecule has 1 aliphatic rings. The van der Waals surface area contributed by atoms with Gasteiger partial charge in [0.15, 0.2) is 5.78 Å². The molecule has 0 N–H and O–H groups in total.